The predicted octanol–water partition coefficient (Wildman–Crippen LogP) is 2.34. The zero-order valence-electron chi connectivity index (χ0n) is 15.7. The minimum absolute atomic E-state index is 0.165. The highest BCUT2D eigenvalue weighted by Crippen LogP contribution is 2.36. The molecule has 13 heteroatoms. The third-order valence-electron chi connectivity index (χ3n) is 4.34. The summed E-state index contributed by atoms with van der Waals surface area (Å²) in [5.41, 5.74) is 1.86. The number of aromatic nitrogens is 1. The first kappa shape index (κ1) is 20.7. The van der Waals surface area contributed by atoms with Gasteiger partial charge in [0.25, 0.3) is 21.9 Å². The maximum absolute atomic E-state index is 11.8. The van der Waals surface area contributed by atoms with Gasteiger partial charge in [0, 0.05) is 5.56 Å². The van der Waals surface area contributed by atoms with Crippen LogP contribution in [0.25, 0.3) is 20.8 Å². The second kappa shape index (κ2) is 7.61. The Kier molecular flexibility index (Phi) is 5.08. The number of barbiturate groups is 1. The van der Waals surface area contributed by atoms with Crippen molar-refractivity contribution >= 4 is 55.2 Å². The van der Waals surface area contributed by atoms with Gasteiger partial charge in [-0.2, -0.15) is 18.6 Å². The second-order valence-electron chi connectivity index (χ2n) is 6.53. The predicted molar refractivity (Wildman–Crippen MR) is 110 cm³/mol. The van der Waals surface area contributed by atoms with Crippen LogP contribution in [0.1, 0.15) is 5.56 Å². The Morgan fingerprint density at radius 3 is 2.29 bits per heavy atom. The Morgan fingerprint density at radius 1 is 1.03 bits per heavy atom. The number of thiazole rings is 1. The zero-order valence-corrected chi connectivity index (χ0v) is 17.3. The molecule has 2 heterocycles. The summed E-state index contributed by atoms with van der Waals surface area (Å²) in [6.07, 6.45) is 0. The fraction of sp³-hybridized carbons (Fsp3) is 0.111. The van der Waals surface area contributed by atoms with E-state index in [-0.39, 0.29) is 4.90 Å². The summed E-state index contributed by atoms with van der Waals surface area (Å²) in [5.74, 6) is -1.73. The second-order valence-corrected chi connectivity index (χ2v) is 8.88. The molecular weight excluding hydrogens is 446 g/mol. The molecule has 1 aromatic heterocycles. The number of amides is 4. The molecule has 0 saturated carbocycles. The molecule has 1 aliphatic rings. The molecule has 3 N–H and O–H groups in total. The Labute approximate surface area is 179 Å². The molecule has 3 aromatic rings. The molecule has 0 atom stereocenters. The molecule has 1 aliphatic heterocycles. The molecule has 1 fully saturated rings. The number of imide groups is 2. The molecule has 2 aromatic carbocycles. The summed E-state index contributed by atoms with van der Waals surface area (Å²) in [7, 11) is -4.41. The van der Waals surface area contributed by atoms with Crippen molar-refractivity contribution in [1.82, 2.24) is 15.6 Å². The smallest absolute Gasteiger partial charge is 0.282 e. The molecule has 0 spiro atoms. The first-order valence-electron chi connectivity index (χ1n) is 8.68. The Morgan fingerprint density at radius 2 is 1.68 bits per heavy atom. The van der Waals surface area contributed by atoms with Crippen LogP contribution >= 0.6 is 11.3 Å². The molecule has 158 valence electrons. The summed E-state index contributed by atoms with van der Waals surface area (Å²) in [5, 5.41) is 11.9. The van der Waals surface area contributed by atoms with Gasteiger partial charge in [0.2, 0.25) is 6.04 Å². The standard InChI is InChI=1S/C18H13N5O6S2/c1-8-2-7-11-13(14(8)31(27,28)29)30-17(19-11)9-3-5-10(6-4-9)22-23-12-15(24)20-18(26)21-16(12)25/h2-7,12H,1H3,(H,27,28,29)(H2,20,21,24,25,26)/b23-22+. The van der Waals surface area contributed by atoms with Gasteiger partial charge in [0.05, 0.1) is 15.9 Å². The average Bonchev–Trinajstić information content (AvgIpc) is 3.10. The van der Waals surface area contributed by atoms with E-state index in [0.29, 0.717) is 32.0 Å². The lowest BCUT2D eigenvalue weighted by Gasteiger charge is -2.16. The molecule has 4 amide bonds. The number of benzene rings is 2. The first-order chi connectivity index (χ1) is 14.6. The quantitative estimate of drug-likeness (QED) is 0.306. The highest BCUT2D eigenvalue weighted by atomic mass is 32.2. The molecule has 11 nitrogen and oxygen atoms in total. The summed E-state index contributed by atoms with van der Waals surface area (Å²) < 4.78 is 33.4. The fourth-order valence-corrected chi connectivity index (χ4v) is 5.24. The van der Waals surface area contributed by atoms with E-state index in [1.165, 1.54) is 0 Å². The molecule has 0 bridgehead atoms. The van der Waals surface area contributed by atoms with Gasteiger partial charge in [-0.15, -0.1) is 11.3 Å². The number of azo groups is 1. The molecule has 0 aliphatic carbocycles. The van der Waals surface area contributed by atoms with Gasteiger partial charge in [-0.3, -0.25) is 24.8 Å². The van der Waals surface area contributed by atoms with Crippen LogP contribution in [0.5, 0.6) is 0 Å². The van der Waals surface area contributed by atoms with Crippen LogP contribution < -0.4 is 10.6 Å². The van der Waals surface area contributed by atoms with E-state index in [0.717, 1.165) is 11.3 Å². The lowest BCUT2D eigenvalue weighted by atomic mass is 10.2. The third kappa shape index (κ3) is 4.05. The van der Waals surface area contributed by atoms with Crippen LogP contribution in [0, 0.1) is 6.92 Å². The van der Waals surface area contributed by atoms with Gasteiger partial charge in [-0.25, -0.2) is 9.78 Å². The molecular formula is C18H13N5O6S2. The zero-order chi connectivity index (χ0) is 22.3. The first-order valence-corrected chi connectivity index (χ1v) is 10.9. The minimum atomic E-state index is -4.41. The van der Waals surface area contributed by atoms with Gasteiger partial charge < -0.3 is 0 Å². The number of rotatable bonds is 4. The lowest BCUT2D eigenvalue weighted by molar-refractivity contribution is -0.131. The molecule has 0 unspecified atom stereocenters. The number of nitrogens with zero attached hydrogens (tertiary/aromatic N) is 3. The normalized spacial score (nSPS) is 15.5. The Hall–Kier alpha value is -3.55. The summed E-state index contributed by atoms with van der Waals surface area (Å²) in [6.45, 7) is 1.59. The maximum atomic E-state index is 11.8. The van der Waals surface area contributed by atoms with Crippen molar-refractivity contribution < 1.29 is 27.4 Å². The van der Waals surface area contributed by atoms with Crippen molar-refractivity contribution in [3.8, 4) is 10.6 Å². The van der Waals surface area contributed by atoms with Crippen LogP contribution in [0.15, 0.2) is 51.5 Å². The van der Waals surface area contributed by atoms with E-state index >= 15 is 0 Å². The number of nitrogens with one attached hydrogen (secondary N) is 2. The van der Waals surface area contributed by atoms with Crippen LogP contribution in [0.2, 0.25) is 0 Å². The third-order valence-corrected chi connectivity index (χ3v) is 6.65. The van der Waals surface area contributed by atoms with E-state index in [9.17, 15) is 27.4 Å². The number of aryl methyl sites for hydroxylation is 1. The lowest BCUT2D eigenvalue weighted by Crippen LogP contribution is -2.57. The van der Waals surface area contributed by atoms with E-state index in [2.05, 4.69) is 15.2 Å². The van der Waals surface area contributed by atoms with Gasteiger partial charge in [0.15, 0.2) is 0 Å². The van der Waals surface area contributed by atoms with Crippen molar-refractivity contribution in [1.29, 1.82) is 0 Å². The average molecular weight is 459 g/mol. The number of hydrogen-bond acceptors (Lipinski definition) is 9. The van der Waals surface area contributed by atoms with Crippen molar-refractivity contribution in [3.05, 3.63) is 42.0 Å². The van der Waals surface area contributed by atoms with Crippen molar-refractivity contribution in [2.45, 2.75) is 17.9 Å². The van der Waals surface area contributed by atoms with Gasteiger partial charge in [0.1, 0.15) is 9.90 Å². The summed E-state index contributed by atoms with van der Waals surface area (Å²) in [6, 6.07) is 7.34. The largest absolute Gasteiger partial charge is 0.328 e. The SMILES string of the molecule is Cc1ccc2nc(-c3ccc(/N=N/C4C(=O)NC(=O)NC4=O)cc3)sc2c1S(=O)(=O)O. The van der Waals surface area contributed by atoms with E-state index in [4.69, 9.17) is 0 Å². The monoisotopic (exact) mass is 459 g/mol. The number of carbonyl (C=O) groups is 3. The van der Waals surface area contributed by atoms with Crippen LogP contribution in [-0.2, 0) is 19.7 Å². The van der Waals surface area contributed by atoms with Crippen LogP contribution in [0.4, 0.5) is 10.5 Å². The van der Waals surface area contributed by atoms with Crippen LogP contribution in [-0.4, -0.2) is 41.8 Å². The van der Waals surface area contributed by atoms with E-state index in [1.807, 2.05) is 10.6 Å². The van der Waals surface area contributed by atoms with E-state index < -0.39 is 34.0 Å². The van der Waals surface area contributed by atoms with Crippen molar-refractivity contribution in [2.75, 3.05) is 0 Å². The van der Waals surface area contributed by atoms with E-state index in [1.54, 1.807) is 43.3 Å². The summed E-state index contributed by atoms with van der Waals surface area (Å²) >= 11 is 1.12. The van der Waals surface area contributed by atoms with Crippen molar-refractivity contribution in [2.24, 2.45) is 10.2 Å². The highest BCUT2D eigenvalue weighted by molar-refractivity contribution is 7.86. The molecule has 4 rings (SSSR count). The molecule has 1 saturated heterocycles. The van der Waals surface area contributed by atoms with Gasteiger partial charge in [-0.1, -0.05) is 6.07 Å². The maximum Gasteiger partial charge on any atom is 0.328 e. The number of hydrogen-bond donors (Lipinski definition) is 3. The fourth-order valence-electron chi connectivity index (χ4n) is 2.92. The molecule has 31 heavy (non-hydrogen) atoms. The van der Waals surface area contributed by atoms with Crippen molar-refractivity contribution in [3.63, 3.8) is 0 Å². The summed E-state index contributed by atoms with van der Waals surface area (Å²) in [4.78, 5) is 38.6. The minimum Gasteiger partial charge on any atom is -0.282 e. The Bertz CT molecular complexity index is 1360. The number of fused-ring (bicyclic) bond motifs is 1. The van der Waals surface area contributed by atoms with Gasteiger partial charge in [-0.05, 0) is 42.8 Å². The topological polar surface area (TPSA) is 167 Å². The van der Waals surface area contributed by atoms with Gasteiger partial charge >= 0.3 is 6.03 Å². The van der Waals surface area contributed by atoms with Crippen LogP contribution in [0.3, 0.4) is 0 Å². The Balaban J connectivity index is 1.62. The highest BCUT2D eigenvalue weighted by Gasteiger charge is 2.34. The molecule has 0 radical (unpaired) electrons. The number of urea groups is 1. The number of carbonyl (C=O) groups excluding carboxylic acids is 3.